The van der Waals surface area contributed by atoms with Crippen LogP contribution in [0.3, 0.4) is 0 Å². The van der Waals surface area contributed by atoms with Crippen molar-refractivity contribution in [1.82, 2.24) is 5.32 Å². The van der Waals surface area contributed by atoms with Gasteiger partial charge in [0.1, 0.15) is 10.6 Å². The Labute approximate surface area is 115 Å². The molecule has 0 radical (unpaired) electrons. The average Bonchev–Trinajstić information content (AvgIpc) is 2.35. The van der Waals surface area contributed by atoms with Gasteiger partial charge in [0.05, 0.1) is 5.75 Å². The molecule has 1 aromatic carbocycles. The summed E-state index contributed by atoms with van der Waals surface area (Å²) in [7, 11) is 0. The molecule has 0 atom stereocenters. The zero-order valence-electron chi connectivity index (χ0n) is 10.8. The van der Waals surface area contributed by atoms with E-state index in [0.29, 0.717) is 6.54 Å². The van der Waals surface area contributed by atoms with Crippen LogP contribution < -0.4 is 5.32 Å². The quantitative estimate of drug-likeness (QED) is 0.839. The summed E-state index contributed by atoms with van der Waals surface area (Å²) in [5.41, 5.74) is 0.789. The van der Waals surface area contributed by atoms with Crippen LogP contribution in [0.15, 0.2) is 24.3 Å². The van der Waals surface area contributed by atoms with E-state index in [-0.39, 0.29) is 17.5 Å². The Bertz CT molecular complexity index is 459. The van der Waals surface area contributed by atoms with Crippen molar-refractivity contribution in [3.8, 4) is 0 Å². The number of benzene rings is 1. The van der Waals surface area contributed by atoms with Crippen LogP contribution in [0, 0.1) is 5.82 Å². The third kappa shape index (κ3) is 5.30. The van der Waals surface area contributed by atoms with Crippen molar-refractivity contribution in [2.75, 3.05) is 5.75 Å². The van der Waals surface area contributed by atoms with Crippen molar-refractivity contribution in [1.29, 1.82) is 0 Å². The zero-order chi connectivity index (χ0) is 14.5. The fourth-order valence-corrected chi connectivity index (χ4v) is 1.88. The van der Waals surface area contributed by atoms with Crippen LogP contribution >= 0.6 is 11.8 Å². The fraction of sp³-hybridized carbons (Fsp3) is 0.385. The number of carbonyl (C=O) groups excluding carboxylic acids is 1. The molecule has 0 aromatic heterocycles. The highest BCUT2D eigenvalue weighted by Gasteiger charge is 2.28. The van der Waals surface area contributed by atoms with Crippen LogP contribution in [0.1, 0.15) is 19.4 Å². The minimum Gasteiger partial charge on any atom is -0.480 e. The third-order valence-corrected chi connectivity index (χ3v) is 3.78. The Morgan fingerprint density at radius 2 is 1.89 bits per heavy atom. The first kappa shape index (κ1) is 15.5. The van der Waals surface area contributed by atoms with Gasteiger partial charge in [-0.15, -0.1) is 11.8 Å². The van der Waals surface area contributed by atoms with Crippen molar-refractivity contribution in [3.63, 3.8) is 0 Å². The number of hydrogen-bond donors (Lipinski definition) is 2. The van der Waals surface area contributed by atoms with Gasteiger partial charge in [0, 0.05) is 6.54 Å². The molecule has 1 aromatic rings. The summed E-state index contributed by atoms with van der Waals surface area (Å²) in [5.74, 6) is -1.46. The molecule has 1 amide bonds. The summed E-state index contributed by atoms with van der Waals surface area (Å²) < 4.78 is 11.7. The molecule has 0 saturated heterocycles. The molecule has 104 valence electrons. The summed E-state index contributed by atoms with van der Waals surface area (Å²) in [6.45, 7) is 3.40. The van der Waals surface area contributed by atoms with Gasteiger partial charge in [-0.2, -0.15) is 0 Å². The molecular weight excluding hydrogens is 269 g/mol. The lowest BCUT2D eigenvalue weighted by atomic mass is 10.2. The van der Waals surface area contributed by atoms with Gasteiger partial charge in [-0.3, -0.25) is 9.59 Å². The van der Waals surface area contributed by atoms with Gasteiger partial charge in [-0.25, -0.2) is 4.39 Å². The lowest BCUT2D eigenvalue weighted by Crippen LogP contribution is -2.32. The Morgan fingerprint density at radius 3 is 2.42 bits per heavy atom. The molecule has 2 N–H and O–H groups in total. The van der Waals surface area contributed by atoms with Crippen molar-refractivity contribution >= 4 is 23.6 Å². The van der Waals surface area contributed by atoms with Gasteiger partial charge >= 0.3 is 5.97 Å². The first-order chi connectivity index (χ1) is 8.81. The summed E-state index contributed by atoms with van der Waals surface area (Å²) in [6, 6.07) is 5.82. The maximum atomic E-state index is 12.7. The van der Waals surface area contributed by atoms with Gasteiger partial charge in [0.2, 0.25) is 5.91 Å². The van der Waals surface area contributed by atoms with E-state index in [0.717, 1.165) is 17.3 Å². The van der Waals surface area contributed by atoms with Crippen molar-refractivity contribution in [2.24, 2.45) is 0 Å². The van der Waals surface area contributed by atoms with Crippen molar-refractivity contribution in [2.45, 2.75) is 25.1 Å². The van der Waals surface area contributed by atoms with E-state index >= 15 is 0 Å². The number of halogens is 1. The first-order valence-electron chi connectivity index (χ1n) is 5.70. The number of carboxylic acids is 1. The van der Waals surface area contributed by atoms with Gasteiger partial charge in [-0.1, -0.05) is 12.1 Å². The predicted octanol–water partition coefficient (Wildman–Crippen LogP) is 2.04. The number of rotatable bonds is 6. The van der Waals surface area contributed by atoms with Gasteiger partial charge < -0.3 is 10.4 Å². The highest BCUT2D eigenvalue weighted by molar-refractivity contribution is 8.01. The summed E-state index contributed by atoms with van der Waals surface area (Å²) in [4.78, 5) is 22.4. The SMILES string of the molecule is CC(C)(SCC(=O)NCc1ccc(F)cc1)C(=O)O. The predicted molar refractivity (Wildman–Crippen MR) is 72.4 cm³/mol. The number of aliphatic carboxylic acids is 1. The van der Waals surface area contributed by atoms with Crippen LogP contribution in [0.2, 0.25) is 0 Å². The summed E-state index contributed by atoms with van der Waals surface area (Å²) in [5, 5.41) is 11.6. The van der Waals surface area contributed by atoms with E-state index in [4.69, 9.17) is 5.11 Å². The van der Waals surface area contributed by atoms with Crippen molar-refractivity contribution in [3.05, 3.63) is 35.6 Å². The Hall–Kier alpha value is -1.56. The average molecular weight is 285 g/mol. The van der Waals surface area contributed by atoms with E-state index in [1.807, 2.05) is 0 Å². The standard InChI is InChI=1S/C13H16FNO3S/c1-13(2,12(17)18)19-8-11(16)15-7-9-3-5-10(14)6-4-9/h3-6H,7-8H2,1-2H3,(H,15,16)(H,17,18). The van der Waals surface area contributed by atoms with Gasteiger partial charge in [0.15, 0.2) is 0 Å². The molecule has 4 nitrogen and oxygen atoms in total. The molecule has 0 aliphatic heterocycles. The van der Waals surface area contributed by atoms with E-state index in [1.165, 1.54) is 12.1 Å². The minimum absolute atomic E-state index is 0.0699. The molecular formula is C13H16FNO3S. The fourth-order valence-electron chi connectivity index (χ4n) is 1.16. The Kier molecular flexibility index (Phi) is 5.35. The normalized spacial score (nSPS) is 11.1. The Balaban J connectivity index is 2.36. The first-order valence-corrected chi connectivity index (χ1v) is 6.68. The lowest BCUT2D eigenvalue weighted by Gasteiger charge is -2.17. The van der Waals surface area contributed by atoms with Crippen LogP contribution in [0.25, 0.3) is 0 Å². The van der Waals surface area contributed by atoms with Gasteiger partial charge in [0.25, 0.3) is 0 Å². The molecule has 0 saturated carbocycles. The lowest BCUT2D eigenvalue weighted by molar-refractivity contribution is -0.138. The van der Waals surface area contributed by atoms with E-state index in [1.54, 1.807) is 26.0 Å². The van der Waals surface area contributed by atoms with Gasteiger partial charge in [-0.05, 0) is 31.5 Å². The number of thioether (sulfide) groups is 1. The van der Waals surface area contributed by atoms with Crippen LogP contribution in [0.5, 0.6) is 0 Å². The largest absolute Gasteiger partial charge is 0.480 e. The van der Waals surface area contributed by atoms with E-state index in [9.17, 15) is 14.0 Å². The molecule has 0 heterocycles. The summed E-state index contributed by atoms with van der Waals surface area (Å²) >= 11 is 1.06. The molecule has 1 rings (SSSR count). The number of hydrogen-bond acceptors (Lipinski definition) is 3. The van der Waals surface area contributed by atoms with E-state index in [2.05, 4.69) is 5.32 Å². The molecule has 0 aliphatic carbocycles. The molecule has 6 heteroatoms. The smallest absolute Gasteiger partial charge is 0.319 e. The molecule has 0 aliphatic rings. The van der Waals surface area contributed by atoms with Crippen LogP contribution in [0.4, 0.5) is 4.39 Å². The second kappa shape index (κ2) is 6.56. The summed E-state index contributed by atoms with van der Waals surface area (Å²) in [6.07, 6.45) is 0. The molecule has 0 bridgehead atoms. The van der Waals surface area contributed by atoms with E-state index < -0.39 is 10.7 Å². The third-order valence-electron chi connectivity index (χ3n) is 2.48. The number of nitrogens with one attached hydrogen (secondary N) is 1. The molecule has 0 unspecified atom stereocenters. The minimum atomic E-state index is -0.993. The number of carbonyl (C=O) groups is 2. The molecule has 19 heavy (non-hydrogen) atoms. The van der Waals surface area contributed by atoms with Crippen LogP contribution in [-0.4, -0.2) is 27.5 Å². The molecule has 0 fully saturated rings. The zero-order valence-corrected chi connectivity index (χ0v) is 11.6. The highest BCUT2D eigenvalue weighted by Crippen LogP contribution is 2.23. The van der Waals surface area contributed by atoms with Crippen molar-refractivity contribution < 1.29 is 19.1 Å². The second-order valence-corrected chi connectivity index (χ2v) is 6.11. The maximum absolute atomic E-state index is 12.7. The monoisotopic (exact) mass is 285 g/mol. The second-order valence-electron chi connectivity index (χ2n) is 4.51. The number of amides is 1. The maximum Gasteiger partial charge on any atom is 0.319 e. The van der Waals surface area contributed by atoms with Crippen LogP contribution in [-0.2, 0) is 16.1 Å². The number of carboxylic acid groups (broad SMARTS) is 1. The molecule has 0 spiro atoms. The highest BCUT2D eigenvalue weighted by atomic mass is 32.2. The topological polar surface area (TPSA) is 66.4 Å². The Morgan fingerprint density at radius 1 is 1.32 bits per heavy atom.